The van der Waals surface area contributed by atoms with Gasteiger partial charge >= 0.3 is 0 Å². The molecule has 4 aromatic rings. The SMILES string of the molecule is COCCN1CC(=O)N[C@H]2CN(Cc3ccc4cc[nH]c4n3)C[C@@H]2OCc2cccc(c2)Oc2cc(ccc2OC)CCC1=O. The van der Waals surface area contributed by atoms with E-state index in [1.165, 1.54) is 0 Å². The van der Waals surface area contributed by atoms with E-state index in [1.54, 1.807) is 19.1 Å². The Labute approximate surface area is 262 Å². The molecule has 0 aliphatic carbocycles. The number of carbonyl (C=O) groups is 2. The lowest BCUT2D eigenvalue weighted by molar-refractivity contribution is -0.137. The maximum Gasteiger partial charge on any atom is 0.239 e. The molecular formula is C34H39N5O6. The highest BCUT2D eigenvalue weighted by Crippen LogP contribution is 2.33. The van der Waals surface area contributed by atoms with Gasteiger partial charge in [0.05, 0.1) is 44.7 Å². The molecule has 236 valence electrons. The van der Waals surface area contributed by atoms with Gasteiger partial charge in [0.2, 0.25) is 11.8 Å². The summed E-state index contributed by atoms with van der Waals surface area (Å²) < 4.78 is 23.5. The number of fused-ring (bicyclic) bond motifs is 6. The Morgan fingerprint density at radius 3 is 2.78 bits per heavy atom. The monoisotopic (exact) mass is 613 g/mol. The normalized spacial score (nSPS) is 19.8. The molecule has 1 fully saturated rings. The second-order valence-electron chi connectivity index (χ2n) is 11.5. The predicted molar refractivity (Wildman–Crippen MR) is 168 cm³/mol. The van der Waals surface area contributed by atoms with E-state index in [-0.39, 0.29) is 36.9 Å². The number of hydrogen-bond donors (Lipinski definition) is 2. The number of amides is 2. The van der Waals surface area contributed by atoms with Crippen molar-refractivity contribution in [2.24, 2.45) is 0 Å². The van der Waals surface area contributed by atoms with Crippen LogP contribution in [0.5, 0.6) is 17.2 Å². The molecule has 4 heterocycles. The molecule has 4 bridgehead atoms. The molecule has 2 N–H and O–H groups in total. The molecule has 2 atom stereocenters. The van der Waals surface area contributed by atoms with Gasteiger partial charge in [-0.05, 0) is 60.0 Å². The van der Waals surface area contributed by atoms with Crippen LogP contribution in [0.1, 0.15) is 23.2 Å². The van der Waals surface area contributed by atoms with Gasteiger partial charge in [0.15, 0.2) is 11.5 Å². The number of aryl methyl sites for hydroxylation is 1. The number of hydrogen-bond acceptors (Lipinski definition) is 8. The molecule has 1 saturated heterocycles. The van der Waals surface area contributed by atoms with Crippen molar-refractivity contribution in [3.63, 3.8) is 0 Å². The number of likely N-dealkylation sites (tertiary alicyclic amines) is 1. The molecule has 0 radical (unpaired) electrons. The summed E-state index contributed by atoms with van der Waals surface area (Å²) in [5, 5.41) is 4.23. The molecule has 2 amide bonds. The lowest BCUT2D eigenvalue weighted by Gasteiger charge is -2.25. The summed E-state index contributed by atoms with van der Waals surface area (Å²) in [6.45, 7) is 2.74. The molecule has 45 heavy (non-hydrogen) atoms. The van der Waals surface area contributed by atoms with E-state index in [0.29, 0.717) is 63.1 Å². The Morgan fingerprint density at radius 2 is 1.91 bits per heavy atom. The largest absolute Gasteiger partial charge is 0.493 e. The number of aromatic amines is 1. The van der Waals surface area contributed by atoms with Crippen LogP contribution in [0.2, 0.25) is 0 Å². The number of rotatable bonds is 6. The van der Waals surface area contributed by atoms with Gasteiger partial charge in [-0.25, -0.2) is 4.98 Å². The molecule has 0 saturated carbocycles. The number of aromatic nitrogens is 2. The standard InChI is InChI=1S/C34H39N5O6/c1-42-15-14-39-21-32(40)37-28-19-38(18-26-9-8-25-12-13-35-34(25)36-26)20-31(28)44-22-24-4-3-5-27(16-24)45-30-17-23(7-11-33(39)41)6-10-29(30)43-2/h3-6,8-10,12-13,16-17,28,31H,7,11,14-15,18-22H2,1-2H3,(H,35,36)(H,37,40)/t28-,31-/m0/s1. The fourth-order valence-electron chi connectivity index (χ4n) is 5.89. The van der Waals surface area contributed by atoms with E-state index in [1.807, 2.05) is 60.8 Å². The van der Waals surface area contributed by atoms with Gasteiger partial charge < -0.3 is 34.1 Å². The van der Waals surface area contributed by atoms with E-state index in [0.717, 1.165) is 27.9 Å². The smallest absolute Gasteiger partial charge is 0.239 e. The summed E-state index contributed by atoms with van der Waals surface area (Å²) in [4.78, 5) is 38.5. The molecular weight excluding hydrogens is 574 g/mol. The molecule has 2 aliphatic rings. The van der Waals surface area contributed by atoms with Crippen LogP contribution in [0.15, 0.2) is 66.9 Å². The van der Waals surface area contributed by atoms with Gasteiger partial charge in [0.25, 0.3) is 0 Å². The van der Waals surface area contributed by atoms with Crippen LogP contribution in [-0.2, 0) is 38.6 Å². The lowest BCUT2D eigenvalue weighted by Crippen LogP contribution is -2.49. The second kappa shape index (κ2) is 14.1. The number of carbonyl (C=O) groups excluding carboxylic acids is 2. The molecule has 0 unspecified atom stereocenters. The first-order chi connectivity index (χ1) is 22.0. The topological polar surface area (TPSA) is 118 Å². The van der Waals surface area contributed by atoms with Gasteiger partial charge in [0, 0.05) is 51.3 Å². The first kappa shape index (κ1) is 30.6. The summed E-state index contributed by atoms with van der Waals surface area (Å²) in [7, 11) is 3.18. The van der Waals surface area contributed by atoms with Crippen molar-refractivity contribution >= 4 is 22.8 Å². The number of nitrogens with zero attached hydrogens (tertiary/aromatic N) is 3. The minimum atomic E-state index is -0.272. The lowest BCUT2D eigenvalue weighted by atomic mass is 10.1. The summed E-state index contributed by atoms with van der Waals surface area (Å²) in [5.41, 5.74) is 3.65. The van der Waals surface area contributed by atoms with Crippen LogP contribution < -0.4 is 14.8 Å². The zero-order chi connectivity index (χ0) is 31.2. The third kappa shape index (κ3) is 7.62. The highest BCUT2D eigenvalue weighted by atomic mass is 16.5. The first-order valence-electron chi connectivity index (χ1n) is 15.2. The maximum absolute atomic E-state index is 13.4. The average molecular weight is 614 g/mol. The first-order valence-corrected chi connectivity index (χ1v) is 15.2. The summed E-state index contributed by atoms with van der Waals surface area (Å²) >= 11 is 0. The van der Waals surface area contributed by atoms with Crippen LogP contribution in [0.25, 0.3) is 11.0 Å². The molecule has 2 aromatic carbocycles. The van der Waals surface area contributed by atoms with Crippen molar-refractivity contribution in [1.29, 1.82) is 0 Å². The third-order valence-electron chi connectivity index (χ3n) is 8.24. The van der Waals surface area contributed by atoms with Gasteiger partial charge in [-0.15, -0.1) is 0 Å². The average Bonchev–Trinajstić information content (AvgIpc) is 3.66. The van der Waals surface area contributed by atoms with Gasteiger partial charge in [-0.2, -0.15) is 0 Å². The van der Waals surface area contributed by atoms with Crippen LogP contribution in [0.3, 0.4) is 0 Å². The fourth-order valence-corrected chi connectivity index (χ4v) is 5.89. The van der Waals surface area contributed by atoms with E-state index < -0.39 is 0 Å². The zero-order valence-corrected chi connectivity index (χ0v) is 25.7. The zero-order valence-electron chi connectivity index (χ0n) is 25.7. The van der Waals surface area contributed by atoms with Crippen LogP contribution in [-0.4, -0.2) is 90.7 Å². The van der Waals surface area contributed by atoms with Crippen molar-refractivity contribution in [1.82, 2.24) is 25.1 Å². The quantitative estimate of drug-likeness (QED) is 0.338. The Balaban J connectivity index is 1.25. The molecule has 2 aliphatic heterocycles. The number of methoxy groups -OCH3 is 2. The molecule has 11 heteroatoms. The van der Waals surface area contributed by atoms with Crippen LogP contribution in [0.4, 0.5) is 0 Å². The van der Waals surface area contributed by atoms with Crippen molar-refractivity contribution in [2.75, 3.05) is 47.0 Å². The summed E-state index contributed by atoms with van der Waals surface area (Å²) in [5.74, 6) is 1.46. The summed E-state index contributed by atoms with van der Waals surface area (Å²) in [6, 6.07) is 19.2. The number of H-pyrrole nitrogens is 1. The molecule has 6 rings (SSSR count). The van der Waals surface area contributed by atoms with E-state index in [9.17, 15) is 9.59 Å². The summed E-state index contributed by atoms with van der Waals surface area (Å²) in [6.07, 6.45) is 2.33. The number of ether oxygens (including phenoxy) is 4. The Hall–Kier alpha value is -4.45. The number of pyridine rings is 1. The minimum absolute atomic E-state index is 0.0600. The Morgan fingerprint density at radius 1 is 1.00 bits per heavy atom. The number of benzene rings is 2. The third-order valence-corrected chi connectivity index (χ3v) is 8.24. The fraction of sp³-hybridized carbons (Fsp3) is 0.382. The highest BCUT2D eigenvalue weighted by molar-refractivity contribution is 5.85. The molecule has 2 aromatic heterocycles. The molecule has 0 spiro atoms. The van der Waals surface area contributed by atoms with Crippen molar-refractivity contribution in [3.8, 4) is 17.2 Å². The second-order valence-corrected chi connectivity index (χ2v) is 11.5. The van der Waals surface area contributed by atoms with Crippen LogP contribution >= 0.6 is 0 Å². The maximum atomic E-state index is 13.4. The van der Waals surface area contributed by atoms with Crippen molar-refractivity contribution < 1.29 is 28.5 Å². The van der Waals surface area contributed by atoms with E-state index in [2.05, 4.69) is 21.3 Å². The predicted octanol–water partition coefficient (Wildman–Crippen LogP) is 3.67. The van der Waals surface area contributed by atoms with Crippen molar-refractivity contribution in [3.05, 3.63) is 83.7 Å². The Bertz CT molecular complexity index is 1640. The molecule has 11 nitrogen and oxygen atoms in total. The van der Waals surface area contributed by atoms with E-state index in [4.69, 9.17) is 23.9 Å². The minimum Gasteiger partial charge on any atom is -0.493 e. The number of nitrogens with one attached hydrogen (secondary N) is 2. The van der Waals surface area contributed by atoms with E-state index >= 15 is 0 Å². The van der Waals surface area contributed by atoms with Crippen LogP contribution in [0, 0.1) is 0 Å². The van der Waals surface area contributed by atoms with Crippen molar-refractivity contribution in [2.45, 2.75) is 38.1 Å². The Kier molecular flexibility index (Phi) is 9.58. The van der Waals surface area contributed by atoms with Gasteiger partial charge in [-0.3, -0.25) is 14.5 Å². The highest BCUT2D eigenvalue weighted by Gasteiger charge is 2.35. The van der Waals surface area contributed by atoms with Gasteiger partial charge in [0.1, 0.15) is 11.4 Å². The van der Waals surface area contributed by atoms with Gasteiger partial charge in [-0.1, -0.05) is 18.2 Å².